The number of hydrogen-bond donors (Lipinski definition) is 1. The maximum atomic E-state index is 11.6. The van der Waals surface area contributed by atoms with Gasteiger partial charge in [-0.25, -0.2) is 0 Å². The van der Waals surface area contributed by atoms with Crippen LogP contribution in [0.3, 0.4) is 0 Å². The van der Waals surface area contributed by atoms with Crippen LogP contribution in [0.5, 0.6) is 0 Å². The molecule has 0 radical (unpaired) electrons. The zero-order valence-corrected chi connectivity index (χ0v) is 40.0. The van der Waals surface area contributed by atoms with Gasteiger partial charge < -0.3 is 9.80 Å². The van der Waals surface area contributed by atoms with Gasteiger partial charge in [0.1, 0.15) is 0 Å². The summed E-state index contributed by atoms with van der Waals surface area (Å²) in [4.78, 5) is 4.94. The molecule has 1 N–H and O–H groups in total. The first-order valence-electron chi connectivity index (χ1n) is 20.9. The number of halogens is 2. The van der Waals surface area contributed by atoms with Crippen LogP contribution in [0.15, 0.2) is 144 Å². The molecular formula is C50H56I2N3O3S+. The van der Waals surface area contributed by atoms with Crippen LogP contribution >= 0.6 is 45.2 Å². The fraction of sp³-hybridized carbons (Fsp3) is 0.340. The smallest absolute Gasteiger partial charge is 0.264 e. The van der Waals surface area contributed by atoms with Crippen molar-refractivity contribution >= 4 is 83.8 Å². The number of anilines is 2. The fourth-order valence-electron chi connectivity index (χ4n) is 9.10. The van der Waals surface area contributed by atoms with Crippen molar-refractivity contribution < 1.29 is 13.0 Å². The third-order valence-electron chi connectivity index (χ3n) is 12.1. The van der Waals surface area contributed by atoms with E-state index in [9.17, 15) is 13.0 Å². The molecule has 4 aromatic rings. The average Bonchev–Trinajstić information content (AvgIpc) is 3.76. The molecule has 0 amide bonds. The third-order valence-corrected chi connectivity index (χ3v) is 14.3. The normalized spacial score (nSPS) is 19.7. The van der Waals surface area contributed by atoms with Gasteiger partial charge in [0.25, 0.3) is 10.1 Å². The Bertz CT molecular complexity index is 2430. The first kappa shape index (κ1) is 43.6. The van der Waals surface area contributed by atoms with E-state index < -0.39 is 10.1 Å². The summed E-state index contributed by atoms with van der Waals surface area (Å²) in [6.07, 6.45) is 15.9. The summed E-state index contributed by atoms with van der Waals surface area (Å²) in [6.45, 7) is 13.3. The lowest BCUT2D eigenvalue weighted by Gasteiger charge is -2.27. The van der Waals surface area contributed by atoms with Gasteiger partial charge in [-0.2, -0.15) is 13.0 Å². The van der Waals surface area contributed by atoms with Crippen molar-refractivity contribution in [1.82, 2.24) is 4.58 Å². The lowest BCUT2D eigenvalue weighted by Crippen LogP contribution is -2.27. The molecule has 1 fully saturated rings. The molecule has 1 aliphatic carbocycles. The van der Waals surface area contributed by atoms with Crippen LogP contribution in [0.1, 0.15) is 90.7 Å². The second-order valence-corrected chi connectivity index (χ2v) is 21.0. The van der Waals surface area contributed by atoms with Crippen LogP contribution in [0.2, 0.25) is 0 Å². The molecule has 0 aromatic heterocycles. The van der Waals surface area contributed by atoms with E-state index in [2.05, 4.69) is 216 Å². The second-order valence-electron chi connectivity index (χ2n) is 16.9. The monoisotopic (exact) mass is 1030 g/mol. The third kappa shape index (κ3) is 9.38. The first-order valence-corrected chi connectivity index (χ1v) is 24.7. The van der Waals surface area contributed by atoms with E-state index in [1.165, 1.54) is 65.0 Å². The average molecular weight is 1030 g/mol. The Morgan fingerprint density at radius 1 is 0.644 bits per heavy atom. The van der Waals surface area contributed by atoms with Gasteiger partial charge in [0.05, 0.1) is 5.75 Å². The van der Waals surface area contributed by atoms with Crippen molar-refractivity contribution in [3.63, 3.8) is 0 Å². The van der Waals surface area contributed by atoms with Crippen molar-refractivity contribution in [2.45, 2.75) is 90.4 Å². The van der Waals surface area contributed by atoms with Gasteiger partial charge in [-0.05, 0) is 137 Å². The van der Waals surface area contributed by atoms with Gasteiger partial charge in [0.2, 0.25) is 17.1 Å². The Morgan fingerprint density at radius 2 is 1.08 bits per heavy atom. The van der Waals surface area contributed by atoms with Crippen LogP contribution < -0.4 is 14.4 Å². The standard InChI is InChI=1S/C50H55I2N3O3S/c1-6-7-14-31-53-44-27-25-38(51)34-42(44)49(2,3)46(53)29-23-36-21-22-37(48(36)55(40-17-10-8-11-18-40)41-19-12-9-13-20-41)24-30-47-50(4,5)43-35-39(52)26-28-45(43)54(47)32-15-16-33-59(56,57)58/h8-13,17-20,23-30,34-35H,6-7,14-16,21-22,31-33H2,1-5H3/p+1. The Labute approximate surface area is 379 Å². The molecule has 9 heteroatoms. The maximum Gasteiger partial charge on any atom is 0.264 e. The Balaban J connectivity index is 1.38. The molecule has 308 valence electrons. The highest BCUT2D eigenvalue weighted by molar-refractivity contribution is 14.1. The molecule has 2 heterocycles. The summed E-state index contributed by atoms with van der Waals surface area (Å²) in [5, 5.41) is 0. The van der Waals surface area contributed by atoms with Gasteiger partial charge in [-0.15, -0.1) is 0 Å². The fourth-order valence-corrected chi connectivity index (χ4v) is 10.6. The minimum absolute atomic E-state index is 0.147. The van der Waals surface area contributed by atoms with E-state index in [0.717, 1.165) is 42.9 Å². The number of para-hydroxylation sites is 2. The number of fused-ring (bicyclic) bond motifs is 2. The zero-order chi connectivity index (χ0) is 42.0. The summed E-state index contributed by atoms with van der Waals surface area (Å²) in [5.41, 5.74) is 13.2. The number of rotatable bonds is 13. The molecule has 0 spiro atoms. The SMILES string of the molecule is CCCCCN1C(=CC=C2CC/C(=C\C=C3\N(CCCCS(=O)(=O)O)c4ccc(I)cc4C3(C)C)C2=[N+](c2ccccc2)c2ccccc2)C(C)(C)c2cc(I)ccc21. The van der Waals surface area contributed by atoms with Crippen LogP contribution in [0, 0.1) is 7.14 Å². The van der Waals surface area contributed by atoms with Crippen molar-refractivity contribution in [2.75, 3.05) is 28.6 Å². The quantitative estimate of drug-likeness (QED) is 0.0626. The summed E-state index contributed by atoms with van der Waals surface area (Å²) in [5.74, 6) is -0.232. The van der Waals surface area contributed by atoms with Gasteiger partial charge in [0, 0.05) is 89.2 Å². The molecule has 0 bridgehead atoms. The molecular weight excluding hydrogens is 976 g/mol. The number of unbranched alkanes of at least 4 members (excludes halogenated alkanes) is 3. The summed E-state index contributed by atoms with van der Waals surface area (Å²) in [6, 6.07) is 34.9. The summed E-state index contributed by atoms with van der Waals surface area (Å²) < 4.78 is 37.5. The van der Waals surface area contributed by atoms with E-state index >= 15 is 0 Å². The lowest BCUT2D eigenvalue weighted by molar-refractivity contribution is 0.480. The van der Waals surface area contributed by atoms with E-state index in [4.69, 9.17) is 0 Å². The molecule has 0 unspecified atom stereocenters. The number of hydrogen-bond acceptors (Lipinski definition) is 4. The van der Waals surface area contributed by atoms with Crippen molar-refractivity contribution in [1.29, 1.82) is 0 Å². The van der Waals surface area contributed by atoms with E-state index in [1.54, 1.807) is 0 Å². The molecule has 3 aliphatic rings. The molecule has 7 rings (SSSR count). The van der Waals surface area contributed by atoms with Crippen molar-refractivity contribution in [3.05, 3.63) is 162 Å². The zero-order valence-electron chi connectivity index (χ0n) is 34.9. The topological polar surface area (TPSA) is 63.9 Å². The molecule has 6 nitrogen and oxygen atoms in total. The van der Waals surface area contributed by atoms with E-state index in [1.807, 2.05) is 0 Å². The van der Waals surface area contributed by atoms with Gasteiger partial charge >= 0.3 is 0 Å². The highest BCUT2D eigenvalue weighted by Crippen LogP contribution is 2.50. The van der Waals surface area contributed by atoms with Gasteiger partial charge in [-0.1, -0.05) is 96.0 Å². The molecule has 0 saturated heterocycles. The first-order chi connectivity index (χ1) is 28.2. The Morgan fingerprint density at radius 3 is 1.51 bits per heavy atom. The highest BCUT2D eigenvalue weighted by atomic mass is 127. The predicted octanol–water partition coefficient (Wildman–Crippen LogP) is 13.0. The molecule has 59 heavy (non-hydrogen) atoms. The van der Waals surface area contributed by atoms with Crippen molar-refractivity contribution in [3.8, 4) is 0 Å². The predicted molar refractivity (Wildman–Crippen MR) is 265 cm³/mol. The number of allylic oxidation sites excluding steroid dienone is 8. The minimum atomic E-state index is -4.01. The Kier molecular flexibility index (Phi) is 13.5. The molecule has 0 atom stereocenters. The van der Waals surface area contributed by atoms with Crippen molar-refractivity contribution in [2.24, 2.45) is 0 Å². The van der Waals surface area contributed by atoms with Gasteiger partial charge in [-0.3, -0.25) is 4.55 Å². The van der Waals surface area contributed by atoms with Crippen LogP contribution in [0.4, 0.5) is 22.7 Å². The number of nitrogens with zero attached hydrogens (tertiary/aromatic N) is 3. The Hall–Kier alpha value is -3.52. The minimum Gasteiger partial charge on any atom is -0.344 e. The number of benzene rings is 4. The van der Waals surface area contributed by atoms with Crippen LogP contribution in [-0.4, -0.2) is 37.5 Å². The molecule has 4 aromatic carbocycles. The van der Waals surface area contributed by atoms with E-state index in [-0.39, 0.29) is 16.6 Å². The maximum absolute atomic E-state index is 11.6. The van der Waals surface area contributed by atoms with Gasteiger partial charge in [0.15, 0.2) is 0 Å². The second kappa shape index (κ2) is 18.2. The van der Waals surface area contributed by atoms with Crippen LogP contribution in [0.25, 0.3) is 0 Å². The highest BCUT2D eigenvalue weighted by Gasteiger charge is 2.42. The lowest BCUT2D eigenvalue weighted by atomic mass is 9.83. The van der Waals surface area contributed by atoms with Crippen LogP contribution in [-0.2, 0) is 20.9 Å². The van der Waals surface area contributed by atoms with E-state index in [0.29, 0.717) is 19.4 Å². The summed E-state index contributed by atoms with van der Waals surface area (Å²) >= 11 is 4.84. The largest absolute Gasteiger partial charge is 0.344 e. The molecule has 2 aliphatic heterocycles. The summed E-state index contributed by atoms with van der Waals surface area (Å²) in [7, 11) is -4.01. The molecule has 1 saturated carbocycles.